The van der Waals surface area contributed by atoms with Crippen LogP contribution in [0.3, 0.4) is 0 Å². The standard InChI is InChI=1S/C13H25F3N2/c1-11(6-5-8-13(14,15)16)18-9-4-3-7-12(18)10-17-2/h11-12,17H,3-10H2,1-2H3. The first-order chi connectivity index (χ1) is 8.44. The van der Waals surface area contributed by atoms with Crippen LogP contribution in [0.5, 0.6) is 0 Å². The van der Waals surface area contributed by atoms with Gasteiger partial charge in [0.25, 0.3) is 0 Å². The third-order valence-electron chi connectivity index (χ3n) is 3.76. The molecule has 5 heteroatoms. The van der Waals surface area contributed by atoms with Crippen LogP contribution < -0.4 is 5.32 Å². The van der Waals surface area contributed by atoms with E-state index in [-0.39, 0.29) is 12.5 Å². The van der Waals surface area contributed by atoms with Crippen molar-refractivity contribution in [3.63, 3.8) is 0 Å². The Morgan fingerprint density at radius 3 is 2.67 bits per heavy atom. The van der Waals surface area contributed by atoms with Gasteiger partial charge < -0.3 is 5.32 Å². The van der Waals surface area contributed by atoms with Crippen molar-refractivity contribution in [2.24, 2.45) is 0 Å². The lowest BCUT2D eigenvalue weighted by atomic mass is 9.98. The average molecular weight is 266 g/mol. The third kappa shape index (κ3) is 5.57. The summed E-state index contributed by atoms with van der Waals surface area (Å²) in [6, 6.07) is 0.746. The van der Waals surface area contributed by atoms with Gasteiger partial charge in [0.1, 0.15) is 0 Å². The van der Waals surface area contributed by atoms with Crippen molar-refractivity contribution >= 4 is 0 Å². The minimum Gasteiger partial charge on any atom is -0.318 e. The number of halogens is 3. The molecule has 1 saturated heterocycles. The van der Waals surface area contributed by atoms with Gasteiger partial charge in [-0.15, -0.1) is 0 Å². The summed E-state index contributed by atoms with van der Waals surface area (Å²) >= 11 is 0. The SMILES string of the molecule is CNCC1CCCCN1C(C)CCCC(F)(F)F. The van der Waals surface area contributed by atoms with E-state index < -0.39 is 12.6 Å². The highest BCUT2D eigenvalue weighted by molar-refractivity contribution is 4.82. The smallest absolute Gasteiger partial charge is 0.318 e. The summed E-state index contributed by atoms with van der Waals surface area (Å²) in [6.07, 6.45) is -0.215. The maximum absolute atomic E-state index is 12.1. The molecular formula is C13H25F3N2. The van der Waals surface area contributed by atoms with Crippen LogP contribution >= 0.6 is 0 Å². The zero-order valence-corrected chi connectivity index (χ0v) is 11.4. The van der Waals surface area contributed by atoms with Crippen molar-refractivity contribution in [1.82, 2.24) is 10.2 Å². The maximum Gasteiger partial charge on any atom is 0.389 e. The van der Waals surface area contributed by atoms with Gasteiger partial charge in [-0.05, 0) is 46.2 Å². The third-order valence-corrected chi connectivity index (χ3v) is 3.76. The molecule has 1 aliphatic rings. The molecule has 1 aliphatic heterocycles. The first-order valence-electron chi connectivity index (χ1n) is 6.91. The van der Waals surface area contributed by atoms with Gasteiger partial charge in [0, 0.05) is 25.0 Å². The van der Waals surface area contributed by atoms with Crippen LogP contribution in [-0.2, 0) is 0 Å². The normalized spacial score (nSPS) is 24.2. The second kappa shape index (κ2) is 7.34. The Bertz CT molecular complexity index is 229. The lowest BCUT2D eigenvalue weighted by molar-refractivity contribution is -0.136. The largest absolute Gasteiger partial charge is 0.389 e. The minimum absolute atomic E-state index is 0.243. The first-order valence-corrected chi connectivity index (χ1v) is 6.91. The van der Waals surface area contributed by atoms with E-state index in [0.29, 0.717) is 12.5 Å². The summed E-state index contributed by atoms with van der Waals surface area (Å²) < 4.78 is 36.4. The summed E-state index contributed by atoms with van der Waals surface area (Å²) in [7, 11) is 1.93. The molecular weight excluding hydrogens is 241 g/mol. The van der Waals surface area contributed by atoms with E-state index in [1.54, 1.807) is 0 Å². The van der Waals surface area contributed by atoms with Gasteiger partial charge in [0.05, 0.1) is 0 Å². The van der Waals surface area contributed by atoms with E-state index in [4.69, 9.17) is 0 Å². The molecule has 0 spiro atoms. The van der Waals surface area contributed by atoms with Gasteiger partial charge >= 0.3 is 6.18 Å². The fourth-order valence-corrected chi connectivity index (χ4v) is 2.82. The molecule has 1 N–H and O–H groups in total. The van der Waals surface area contributed by atoms with Crippen LogP contribution in [0, 0.1) is 0 Å². The Balaban J connectivity index is 2.35. The van der Waals surface area contributed by atoms with Crippen molar-refractivity contribution < 1.29 is 13.2 Å². The highest BCUT2D eigenvalue weighted by Crippen LogP contribution is 2.25. The Morgan fingerprint density at radius 2 is 2.06 bits per heavy atom. The van der Waals surface area contributed by atoms with Gasteiger partial charge in [-0.25, -0.2) is 0 Å². The zero-order valence-electron chi connectivity index (χ0n) is 11.4. The molecule has 18 heavy (non-hydrogen) atoms. The molecule has 0 amide bonds. The van der Waals surface area contributed by atoms with Gasteiger partial charge in [-0.1, -0.05) is 6.42 Å². The molecule has 0 aromatic carbocycles. The van der Waals surface area contributed by atoms with Crippen LogP contribution in [0.15, 0.2) is 0 Å². The van der Waals surface area contributed by atoms with Crippen molar-refractivity contribution in [2.75, 3.05) is 20.1 Å². The van der Waals surface area contributed by atoms with E-state index in [1.165, 1.54) is 12.8 Å². The van der Waals surface area contributed by atoms with E-state index in [0.717, 1.165) is 19.5 Å². The number of alkyl halides is 3. The fraction of sp³-hybridized carbons (Fsp3) is 1.00. The summed E-state index contributed by atoms with van der Waals surface area (Å²) in [5.41, 5.74) is 0. The molecule has 1 fully saturated rings. The molecule has 0 bridgehead atoms. The predicted molar refractivity (Wildman–Crippen MR) is 67.6 cm³/mol. The zero-order chi connectivity index (χ0) is 13.6. The van der Waals surface area contributed by atoms with Crippen LogP contribution in [0.4, 0.5) is 13.2 Å². The monoisotopic (exact) mass is 266 g/mol. The summed E-state index contributed by atoms with van der Waals surface area (Å²) in [6.45, 7) is 4.02. The topological polar surface area (TPSA) is 15.3 Å². The summed E-state index contributed by atoms with van der Waals surface area (Å²) in [4.78, 5) is 2.39. The highest BCUT2D eigenvalue weighted by atomic mass is 19.4. The molecule has 1 rings (SSSR count). The second-order valence-electron chi connectivity index (χ2n) is 5.30. The van der Waals surface area contributed by atoms with Gasteiger partial charge in [-0.2, -0.15) is 13.2 Å². The quantitative estimate of drug-likeness (QED) is 0.794. The Kier molecular flexibility index (Phi) is 6.43. The number of rotatable bonds is 6. The lowest BCUT2D eigenvalue weighted by Gasteiger charge is -2.40. The Hall–Kier alpha value is -0.290. The van der Waals surface area contributed by atoms with Crippen LogP contribution in [-0.4, -0.2) is 43.3 Å². The number of hydrogen-bond donors (Lipinski definition) is 1. The Morgan fingerprint density at radius 1 is 1.33 bits per heavy atom. The molecule has 2 nitrogen and oxygen atoms in total. The molecule has 0 radical (unpaired) electrons. The molecule has 2 atom stereocenters. The summed E-state index contributed by atoms with van der Waals surface area (Å²) in [5, 5.41) is 3.18. The molecule has 108 valence electrons. The number of nitrogens with one attached hydrogen (secondary N) is 1. The number of nitrogens with zero attached hydrogens (tertiary/aromatic N) is 1. The Labute approximate surface area is 108 Å². The molecule has 0 aromatic heterocycles. The summed E-state index contributed by atoms with van der Waals surface area (Å²) in [5.74, 6) is 0. The van der Waals surface area contributed by atoms with Crippen molar-refractivity contribution in [2.45, 2.75) is 63.7 Å². The second-order valence-corrected chi connectivity index (χ2v) is 5.30. The molecule has 2 unspecified atom stereocenters. The van der Waals surface area contributed by atoms with Gasteiger partial charge in [-0.3, -0.25) is 4.90 Å². The van der Waals surface area contributed by atoms with E-state index in [1.807, 2.05) is 7.05 Å². The predicted octanol–water partition coefficient (Wildman–Crippen LogP) is 3.18. The first kappa shape index (κ1) is 15.8. The molecule has 0 aromatic rings. The molecule has 1 heterocycles. The maximum atomic E-state index is 12.1. The van der Waals surface area contributed by atoms with Crippen molar-refractivity contribution in [3.05, 3.63) is 0 Å². The number of hydrogen-bond acceptors (Lipinski definition) is 2. The van der Waals surface area contributed by atoms with E-state index in [9.17, 15) is 13.2 Å². The fourth-order valence-electron chi connectivity index (χ4n) is 2.82. The van der Waals surface area contributed by atoms with Crippen LogP contribution in [0.2, 0.25) is 0 Å². The number of likely N-dealkylation sites (tertiary alicyclic amines) is 1. The van der Waals surface area contributed by atoms with Crippen LogP contribution in [0.25, 0.3) is 0 Å². The van der Waals surface area contributed by atoms with Crippen LogP contribution in [0.1, 0.15) is 45.4 Å². The minimum atomic E-state index is -4.01. The van der Waals surface area contributed by atoms with Gasteiger partial charge in [0.15, 0.2) is 0 Å². The van der Waals surface area contributed by atoms with Crippen molar-refractivity contribution in [3.8, 4) is 0 Å². The van der Waals surface area contributed by atoms with Crippen molar-refractivity contribution in [1.29, 1.82) is 0 Å². The van der Waals surface area contributed by atoms with E-state index in [2.05, 4.69) is 17.1 Å². The molecule has 0 aliphatic carbocycles. The lowest BCUT2D eigenvalue weighted by Crippen LogP contribution is -2.49. The highest BCUT2D eigenvalue weighted by Gasteiger charge is 2.29. The number of likely N-dealkylation sites (N-methyl/N-ethyl adjacent to an activating group) is 1. The van der Waals surface area contributed by atoms with E-state index >= 15 is 0 Å². The van der Waals surface area contributed by atoms with Gasteiger partial charge in [0.2, 0.25) is 0 Å². The molecule has 0 saturated carbocycles. The number of piperidine rings is 1. The average Bonchev–Trinajstić information content (AvgIpc) is 2.28.